The highest BCUT2D eigenvalue weighted by Crippen LogP contribution is 2.44. The molecular weight excluding hydrogens is 388 g/mol. The number of nitrogens with two attached hydrogens (primary N) is 2. The average molecular weight is 423 g/mol. The molecule has 6 heteroatoms. The molecule has 0 amide bonds. The number of nitrogen functional groups attached to an aromatic ring is 1. The topological polar surface area (TPSA) is 105 Å². The highest BCUT2D eigenvalue weighted by Gasteiger charge is 2.40. The van der Waals surface area contributed by atoms with Gasteiger partial charge in [-0.15, -0.1) is 0 Å². The van der Waals surface area contributed by atoms with Crippen LogP contribution in [0.5, 0.6) is 5.75 Å². The third-order valence-electron chi connectivity index (χ3n) is 5.51. The molecule has 4 rings (SSSR count). The van der Waals surface area contributed by atoms with Crippen LogP contribution in [0.3, 0.4) is 0 Å². The van der Waals surface area contributed by atoms with Crippen LogP contribution in [-0.2, 0) is 11.2 Å². The Morgan fingerprint density at radius 3 is 2.55 bits per heavy atom. The second kappa shape index (κ2) is 12.0. The maximum atomic E-state index is 8.96. The van der Waals surface area contributed by atoms with Crippen LogP contribution >= 0.6 is 0 Å². The van der Waals surface area contributed by atoms with Gasteiger partial charge in [0.05, 0.1) is 11.6 Å². The first-order valence-corrected chi connectivity index (χ1v) is 10.8. The number of hydrogen-bond acceptors (Lipinski definition) is 6. The highest BCUT2D eigenvalue weighted by molar-refractivity contribution is 5.59. The number of anilines is 2. The van der Waals surface area contributed by atoms with Gasteiger partial charge in [0.2, 0.25) is 0 Å². The molecule has 4 N–H and O–H groups in total. The number of ether oxygens (including phenoxy) is 1. The van der Waals surface area contributed by atoms with Crippen LogP contribution in [0.25, 0.3) is 0 Å². The summed E-state index contributed by atoms with van der Waals surface area (Å²) < 4.78 is 5.23. The third kappa shape index (κ3) is 7.01. The molecule has 1 aliphatic heterocycles. The monoisotopic (exact) mass is 422 g/mol. The van der Waals surface area contributed by atoms with Gasteiger partial charge in [0.15, 0.2) is 0 Å². The van der Waals surface area contributed by atoms with Gasteiger partial charge in [-0.2, -0.15) is 5.26 Å². The van der Waals surface area contributed by atoms with Gasteiger partial charge in [0.25, 0.3) is 0 Å². The van der Waals surface area contributed by atoms with Gasteiger partial charge in [-0.1, -0.05) is 13.0 Å². The fourth-order valence-electron chi connectivity index (χ4n) is 4.17. The van der Waals surface area contributed by atoms with Crippen molar-refractivity contribution in [3.8, 4) is 11.8 Å². The molecule has 1 aliphatic carbocycles. The zero-order valence-corrected chi connectivity index (χ0v) is 18.8. The number of carbonyl (C=O) groups is 1. The van der Waals surface area contributed by atoms with Crippen molar-refractivity contribution < 1.29 is 9.53 Å². The molecule has 166 valence electrons. The summed E-state index contributed by atoms with van der Waals surface area (Å²) in [6, 6.07) is 16.3. The summed E-state index contributed by atoms with van der Waals surface area (Å²) in [5.74, 6) is 2.38. The summed E-state index contributed by atoms with van der Waals surface area (Å²) in [6.07, 6.45) is 4.66. The zero-order chi connectivity index (χ0) is 22.8. The van der Waals surface area contributed by atoms with Crippen molar-refractivity contribution in [2.75, 3.05) is 30.8 Å². The molecule has 1 saturated carbocycles. The first-order valence-electron chi connectivity index (χ1n) is 10.8. The number of benzene rings is 2. The van der Waals surface area contributed by atoms with E-state index in [9.17, 15) is 0 Å². The lowest BCUT2D eigenvalue weighted by molar-refractivity contribution is -0.106. The number of carbonyl (C=O) groups excluding carboxylic acids is 1. The minimum absolute atomic E-state index is 0.523. The largest absolute Gasteiger partial charge is 0.492 e. The van der Waals surface area contributed by atoms with E-state index in [1.54, 1.807) is 6.07 Å². The molecule has 6 nitrogen and oxygen atoms in total. The Balaban J connectivity index is 0.000000211. The molecule has 1 heterocycles. The van der Waals surface area contributed by atoms with E-state index < -0.39 is 0 Å². The molecule has 31 heavy (non-hydrogen) atoms. The van der Waals surface area contributed by atoms with Gasteiger partial charge in [-0.25, -0.2) is 0 Å². The minimum Gasteiger partial charge on any atom is -0.492 e. The lowest BCUT2D eigenvalue weighted by Gasteiger charge is -2.40. The van der Waals surface area contributed by atoms with Crippen molar-refractivity contribution in [2.45, 2.75) is 39.2 Å². The summed E-state index contributed by atoms with van der Waals surface area (Å²) in [5, 5.41) is 8.96. The number of rotatable bonds is 4. The van der Waals surface area contributed by atoms with E-state index in [1.807, 2.05) is 24.3 Å². The van der Waals surface area contributed by atoms with Crippen molar-refractivity contribution in [2.24, 2.45) is 17.6 Å². The van der Waals surface area contributed by atoms with Crippen LogP contribution in [0, 0.1) is 23.2 Å². The summed E-state index contributed by atoms with van der Waals surface area (Å²) in [6.45, 7) is 4.85. The van der Waals surface area contributed by atoms with Crippen LogP contribution in [0.4, 0.5) is 11.4 Å². The maximum absolute atomic E-state index is 8.96. The third-order valence-corrected chi connectivity index (χ3v) is 5.51. The Morgan fingerprint density at radius 1 is 1.26 bits per heavy atom. The van der Waals surface area contributed by atoms with Crippen LogP contribution in [0.1, 0.15) is 37.8 Å². The van der Waals surface area contributed by atoms with Gasteiger partial charge in [-0.3, -0.25) is 0 Å². The Bertz CT molecular complexity index is 889. The molecule has 2 atom stereocenters. The molecule has 0 radical (unpaired) electrons. The Hall–Kier alpha value is -3.04. The fourth-order valence-corrected chi connectivity index (χ4v) is 4.17. The number of hydrogen-bond donors (Lipinski definition) is 2. The summed E-state index contributed by atoms with van der Waals surface area (Å²) in [5.41, 5.74) is 14.9. The van der Waals surface area contributed by atoms with E-state index in [0.29, 0.717) is 30.8 Å². The predicted molar refractivity (Wildman–Crippen MR) is 126 cm³/mol. The molecule has 1 fully saturated rings. The number of nitrogens with zero attached hydrogens (tertiary/aromatic N) is 2. The fraction of sp³-hybridized carbons (Fsp3) is 0.440. The molecule has 0 aromatic heterocycles. The van der Waals surface area contributed by atoms with E-state index in [4.69, 9.17) is 26.3 Å². The van der Waals surface area contributed by atoms with Gasteiger partial charge in [-0.05, 0) is 73.9 Å². The van der Waals surface area contributed by atoms with E-state index >= 15 is 0 Å². The van der Waals surface area contributed by atoms with Crippen LogP contribution < -0.4 is 21.1 Å². The predicted octanol–water partition coefficient (Wildman–Crippen LogP) is 3.78. The van der Waals surface area contributed by atoms with Gasteiger partial charge in [0, 0.05) is 37.1 Å². The Morgan fingerprint density at radius 2 is 1.97 bits per heavy atom. The van der Waals surface area contributed by atoms with Crippen LogP contribution in [0.15, 0.2) is 42.5 Å². The molecule has 2 aromatic carbocycles. The lowest BCUT2D eigenvalue weighted by Crippen LogP contribution is -2.43. The van der Waals surface area contributed by atoms with Gasteiger partial charge in [0.1, 0.15) is 18.6 Å². The smallest absolute Gasteiger partial charge is 0.121 e. The van der Waals surface area contributed by atoms with E-state index in [1.165, 1.54) is 31.0 Å². The molecule has 0 saturated heterocycles. The van der Waals surface area contributed by atoms with E-state index in [0.717, 1.165) is 29.9 Å². The molecule has 0 spiro atoms. The van der Waals surface area contributed by atoms with Crippen molar-refractivity contribution in [1.29, 1.82) is 5.26 Å². The van der Waals surface area contributed by atoms with Crippen LogP contribution in [0.2, 0.25) is 0 Å². The van der Waals surface area contributed by atoms with Crippen molar-refractivity contribution in [1.82, 2.24) is 0 Å². The van der Waals surface area contributed by atoms with Crippen molar-refractivity contribution >= 4 is 17.7 Å². The molecule has 1 unspecified atom stereocenters. The van der Waals surface area contributed by atoms with E-state index in [-0.39, 0.29) is 0 Å². The van der Waals surface area contributed by atoms with Gasteiger partial charge >= 0.3 is 0 Å². The van der Waals surface area contributed by atoms with Gasteiger partial charge < -0.3 is 25.9 Å². The summed E-state index contributed by atoms with van der Waals surface area (Å²) >= 11 is 0. The minimum atomic E-state index is 0.523. The number of nitriles is 1. The zero-order valence-electron chi connectivity index (χ0n) is 18.8. The summed E-state index contributed by atoms with van der Waals surface area (Å²) in [7, 11) is 2.21. The Kier molecular flexibility index (Phi) is 9.36. The lowest BCUT2D eigenvalue weighted by atomic mass is 9.84. The molecule has 0 bridgehead atoms. The molecular formula is C25H34N4O2. The van der Waals surface area contributed by atoms with Crippen molar-refractivity contribution in [3.05, 3.63) is 53.6 Å². The SMILES string of the molecule is CC1Cc2cc(C#N)ccc2N(C)[C@H]1C1CC1.CC=O.NCCOc1cccc(N)c1. The number of fused-ring (bicyclic) bond motifs is 1. The maximum Gasteiger partial charge on any atom is 0.121 e. The van der Waals surface area contributed by atoms with E-state index in [2.05, 4.69) is 37.1 Å². The molecule has 2 aliphatic rings. The standard InChI is InChI=1S/C15H18N2.C8H12N2O.C2H4O/c1-10-7-13-8-11(9-16)3-6-14(13)17(2)15(10)12-4-5-12;9-4-5-11-8-3-1-2-7(10)6-8;1-2-3/h3,6,8,10,12,15H,4-5,7H2,1-2H3;1-3,6H,4-5,9-10H2;2H,1H3/t10?,15-;;/m1../s1. The second-order valence-corrected chi connectivity index (χ2v) is 8.02. The second-order valence-electron chi connectivity index (χ2n) is 8.02. The Labute approximate surface area is 185 Å². The normalized spacial score (nSPS) is 18.9. The number of aldehydes is 1. The average Bonchev–Trinajstić information content (AvgIpc) is 3.58. The highest BCUT2D eigenvalue weighted by atomic mass is 16.5. The quantitative estimate of drug-likeness (QED) is 0.574. The summed E-state index contributed by atoms with van der Waals surface area (Å²) in [4.78, 5) is 11.3. The first kappa shape index (κ1) is 24.2. The van der Waals surface area contributed by atoms with Crippen LogP contribution in [-0.4, -0.2) is 32.5 Å². The van der Waals surface area contributed by atoms with Crippen molar-refractivity contribution in [3.63, 3.8) is 0 Å². The molecule has 2 aromatic rings. The first-order chi connectivity index (χ1) is 14.9.